The molecule has 0 N–H and O–H groups in total. The first kappa shape index (κ1) is 17.0. The average Bonchev–Trinajstić information content (AvgIpc) is 2.55. The second kappa shape index (κ2) is 6.94. The zero-order chi connectivity index (χ0) is 16.4. The molecule has 1 aliphatic carbocycles. The summed E-state index contributed by atoms with van der Waals surface area (Å²) in [6.07, 6.45) is 7.55. The first-order chi connectivity index (χ1) is 11.0. The topological polar surface area (TPSA) is 37.4 Å². The van der Waals surface area contributed by atoms with Crippen molar-refractivity contribution >= 4 is 10.0 Å². The summed E-state index contributed by atoms with van der Waals surface area (Å²) in [6, 6.07) is 7.73. The number of nitrogens with zero attached hydrogens (tertiary/aromatic N) is 1. The highest BCUT2D eigenvalue weighted by atomic mass is 32.2. The minimum absolute atomic E-state index is 0.440. The Morgan fingerprint density at radius 2 is 1.48 bits per heavy atom. The second-order valence-corrected chi connectivity index (χ2v) is 9.61. The van der Waals surface area contributed by atoms with Gasteiger partial charge in [0.25, 0.3) is 0 Å². The highest BCUT2D eigenvalue weighted by molar-refractivity contribution is 7.89. The molecule has 1 aromatic carbocycles. The van der Waals surface area contributed by atoms with Gasteiger partial charge >= 0.3 is 0 Å². The van der Waals surface area contributed by atoms with Gasteiger partial charge in [-0.3, -0.25) is 0 Å². The molecule has 0 radical (unpaired) electrons. The fourth-order valence-electron chi connectivity index (χ4n) is 4.30. The first-order valence-electron chi connectivity index (χ1n) is 9.07. The highest BCUT2D eigenvalue weighted by Crippen LogP contribution is 2.33. The van der Waals surface area contributed by atoms with E-state index >= 15 is 0 Å². The third-order valence-electron chi connectivity index (χ3n) is 5.43. The van der Waals surface area contributed by atoms with E-state index in [1.165, 1.54) is 37.7 Å². The monoisotopic (exact) mass is 335 g/mol. The lowest BCUT2D eigenvalue weighted by Crippen LogP contribution is -2.42. The van der Waals surface area contributed by atoms with Crippen molar-refractivity contribution in [3.63, 3.8) is 0 Å². The summed E-state index contributed by atoms with van der Waals surface area (Å²) in [5, 5.41) is 0. The van der Waals surface area contributed by atoms with Crippen LogP contribution in [-0.2, 0) is 10.0 Å². The van der Waals surface area contributed by atoms with Crippen LogP contribution in [0.3, 0.4) is 0 Å². The van der Waals surface area contributed by atoms with Crippen LogP contribution in [0.2, 0.25) is 0 Å². The van der Waals surface area contributed by atoms with Crippen molar-refractivity contribution in [3.8, 4) is 0 Å². The molecule has 2 fully saturated rings. The third-order valence-corrected chi connectivity index (χ3v) is 7.28. The van der Waals surface area contributed by atoms with Crippen LogP contribution in [0.5, 0.6) is 0 Å². The Hall–Kier alpha value is -0.870. The molecule has 128 valence electrons. The van der Waals surface area contributed by atoms with E-state index in [1.54, 1.807) is 4.31 Å². The van der Waals surface area contributed by atoms with E-state index in [9.17, 15) is 8.42 Å². The molecule has 0 unspecified atom stereocenters. The Balaban J connectivity index is 1.77. The Morgan fingerprint density at radius 3 is 2.04 bits per heavy atom. The van der Waals surface area contributed by atoms with Gasteiger partial charge < -0.3 is 0 Å². The maximum absolute atomic E-state index is 12.9. The predicted octanol–water partition coefficient (Wildman–Crippen LogP) is 4.40. The van der Waals surface area contributed by atoms with Crippen LogP contribution < -0.4 is 0 Å². The molecule has 3 nitrogen and oxygen atoms in total. The van der Waals surface area contributed by atoms with Gasteiger partial charge in [-0.25, -0.2) is 8.42 Å². The lowest BCUT2D eigenvalue weighted by Gasteiger charge is -2.34. The predicted molar refractivity (Wildman–Crippen MR) is 94.0 cm³/mol. The minimum atomic E-state index is -3.34. The van der Waals surface area contributed by atoms with E-state index in [1.807, 2.05) is 24.3 Å². The van der Waals surface area contributed by atoms with Crippen LogP contribution in [0.1, 0.15) is 63.9 Å². The van der Waals surface area contributed by atoms with E-state index in [-0.39, 0.29) is 0 Å². The summed E-state index contributed by atoms with van der Waals surface area (Å²) in [4.78, 5) is 0.457. The molecule has 1 saturated carbocycles. The van der Waals surface area contributed by atoms with Crippen molar-refractivity contribution in [2.45, 2.75) is 63.2 Å². The molecule has 0 amide bonds. The standard InChI is InChI=1S/C19H29NO2S/c1-15-12-16(2)14-20(13-15)23(21,22)19-10-8-18(9-11-19)17-6-4-3-5-7-17/h8-11,15-17H,3-7,12-14H2,1-2H3/t15-,16-/m1/s1. The molecular weight excluding hydrogens is 306 g/mol. The Kier molecular flexibility index (Phi) is 5.12. The molecule has 1 heterocycles. The maximum Gasteiger partial charge on any atom is 0.243 e. The molecule has 23 heavy (non-hydrogen) atoms. The number of hydrogen-bond donors (Lipinski definition) is 0. The van der Waals surface area contributed by atoms with Crippen molar-refractivity contribution in [2.24, 2.45) is 11.8 Å². The molecule has 2 atom stereocenters. The molecule has 0 spiro atoms. The summed E-state index contributed by atoms with van der Waals surface area (Å²) < 4.78 is 27.5. The van der Waals surface area contributed by atoms with Gasteiger partial charge in [0.2, 0.25) is 10.0 Å². The fraction of sp³-hybridized carbons (Fsp3) is 0.684. The zero-order valence-corrected chi connectivity index (χ0v) is 15.2. The van der Waals surface area contributed by atoms with Gasteiger partial charge in [-0.2, -0.15) is 4.31 Å². The van der Waals surface area contributed by atoms with Gasteiger partial charge in [0.15, 0.2) is 0 Å². The van der Waals surface area contributed by atoms with Crippen LogP contribution in [0.4, 0.5) is 0 Å². The highest BCUT2D eigenvalue weighted by Gasteiger charge is 2.31. The van der Waals surface area contributed by atoms with E-state index < -0.39 is 10.0 Å². The van der Waals surface area contributed by atoms with Gasteiger partial charge in [0, 0.05) is 13.1 Å². The van der Waals surface area contributed by atoms with Crippen LogP contribution >= 0.6 is 0 Å². The third kappa shape index (κ3) is 3.80. The molecule has 1 aromatic rings. The molecule has 0 aromatic heterocycles. The van der Waals surface area contributed by atoms with Crippen LogP contribution in [-0.4, -0.2) is 25.8 Å². The normalized spacial score (nSPS) is 27.9. The number of benzene rings is 1. The SMILES string of the molecule is C[C@@H]1C[C@@H](C)CN(S(=O)(=O)c2ccc(C3CCCCC3)cc2)C1. The van der Waals surface area contributed by atoms with Gasteiger partial charge in [0.05, 0.1) is 4.90 Å². The average molecular weight is 336 g/mol. The molecule has 4 heteroatoms. The number of sulfonamides is 1. The summed E-state index contributed by atoms with van der Waals surface area (Å²) in [5.41, 5.74) is 1.31. The van der Waals surface area contributed by atoms with Crippen molar-refractivity contribution in [3.05, 3.63) is 29.8 Å². The van der Waals surface area contributed by atoms with E-state index in [4.69, 9.17) is 0 Å². The van der Waals surface area contributed by atoms with Gasteiger partial charge in [0.1, 0.15) is 0 Å². The Morgan fingerprint density at radius 1 is 0.913 bits per heavy atom. The Labute approximate surface area is 141 Å². The molecular formula is C19H29NO2S. The zero-order valence-electron chi connectivity index (χ0n) is 14.4. The molecule has 1 saturated heterocycles. The van der Waals surface area contributed by atoms with Crippen molar-refractivity contribution in [1.29, 1.82) is 0 Å². The van der Waals surface area contributed by atoms with Gasteiger partial charge in [-0.05, 0) is 54.7 Å². The summed E-state index contributed by atoms with van der Waals surface area (Å²) >= 11 is 0. The molecule has 0 bridgehead atoms. The van der Waals surface area contributed by atoms with E-state index in [0.717, 1.165) is 6.42 Å². The van der Waals surface area contributed by atoms with Crippen molar-refractivity contribution < 1.29 is 8.42 Å². The Bertz CT molecular complexity index is 607. The lowest BCUT2D eigenvalue weighted by atomic mass is 9.84. The second-order valence-electron chi connectivity index (χ2n) is 7.67. The first-order valence-corrected chi connectivity index (χ1v) is 10.5. The van der Waals surface area contributed by atoms with E-state index in [2.05, 4.69) is 13.8 Å². The van der Waals surface area contributed by atoms with Crippen molar-refractivity contribution in [1.82, 2.24) is 4.31 Å². The number of rotatable bonds is 3. The smallest absolute Gasteiger partial charge is 0.207 e. The quantitative estimate of drug-likeness (QED) is 0.821. The summed E-state index contributed by atoms with van der Waals surface area (Å²) in [6.45, 7) is 5.59. The van der Waals surface area contributed by atoms with E-state index in [0.29, 0.717) is 35.7 Å². The minimum Gasteiger partial charge on any atom is -0.207 e. The van der Waals surface area contributed by atoms with Crippen LogP contribution in [0.15, 0.2) is 29.2 Å². The summed E-state index contributed by atoms with van der Waals surface area (Å²) in [5.74, 6) is 1.50. The fourth-order valence-corrected chi connectivity index (χ4v) is 5.98. The molecule has 1 aliphatic heterocycles. The van der Waals surface area contributed by atoms with Gasteiger partial charge in [-0.15, -0.1) is 0 Å². The largest absolute Gasteiger partial charge is 0.243 e. The summed E-state index contributed by atoms with van der Waals surface area (Å²) in [7, 11) is -3.34. The van der Waals surface area contributed by atoms with Crippen LogP contribution in [0.25, 0.3) is 0 Å². The number of piperidine rings is 1. The molecule has 2 aliphatic rings. The lowest BCUT2D eigenvalue weighted by molar-refractivity contribution is 0.222. The van der Waals surface area contributed by atoms with Gasteiger partial charge in [-0.1, -0.05) is 45.2 Å². The van der Waals surface area contributed by atoms with Crippen LogP contribution in [0, 0.1) is 11.8 Å². The molecule has 3 rings (SSSR count). The maximum atomic E-state index is 12.9. The van der Waals surface area contributed by atoms with Crippen molar-refractivity contribution in [2.75, 3.05) is 13.1 Å². The number of hydrogen-bond acceptors (Lipinski definition) is 2.